The smallest absolute Gasteiger partial charge is 0.320 e. The van der Waals surface area contributed by atoms with Crippen LogP contribution in [-0.4, -0.2) is 87.0 Å². The first-order valence-electron chi connectivity index (χ1n) is 12.5. The Kier molecular flexibility index (Phi) is 6.93. The first-order chi connectivity index (χ1) is 18.7. The second kappa shape index (κ2) is 10.1. The number of piperidine rings is 2. The first kappa shape index (κ1) is 26.8. The number of ether oxygens (including phenoxy) is 2. The first-order valence-corrected chi connectivity index (χ1v) is 12.5. The fourth-order valence-electron chi connectivity index (χ4n) is 6.61. The maximum atomic E-state index is 13.9. The highest BCUT2D eigenvalue weighted by atomic mass is 16.6. The Morgan fingerprint density at radius 1 is 0.821 bits per heavy atom. The van der Waals surface area contributed by atoms with E-state index in [1.165, 1.54) is 14.2 Å². The van der Waals surface area contributed by atoms with Gasteiger partial charge in [-0.15, -0.1) is 0 Å². The maximum absolute atomic E-state index is 13.9. The van der Waals surface area contributed by atoms with E-state index in [0.717, 1.165) is 0 Å². The highest BCUT2D eigenvalue weighted by Gasteiger charge is 2.82. The summed E-state index contributed by atoms with van der Waals surface area (Å²) in [6, 6.07) is 13.8. The fraction of sp³-hybridized carbons (Fsp3) is 0.393. The summed E-state index contributed by atoms with van der Waals surface area (Å²) >= 11 is 0. The van der Waals surface area contributed by atoms with Gasteiger partial charge in [0.2, 0.25) is 5.79 Å². The van der Waals surface area contributed by atoms with Crippen LogP contribution in [0, 0.1) is 10.8 Å². The fourth-order valence-corrected chi connectivity index (χ4v) is 6.61. The van der Waals surface area contributed by atoms with Crippen molar-refractivity contribution in [2.45, 2.75) is 24.4 Å². The van der Waals surface area contributed by atoms with Crippen molar-refractivity contribution < 1.29 is 29.3 Å². The van der Waals surface area contributed by atoms with Crippen molar-refractivity contribution in [1.82, 2.24) is 24.8 Å². The number of esters is 2. The molecule has 3 aromatic heterocycles. The number of carbonyl (C=O) groups is 2. The molecule has 2 aliphatic heterocycles. The zero-order valence-corrected chi connectivity index (χ0v) is 22.0. The molecule has 0 aliphatic carbocycles. The molecule has 0 spiro atoms. The summed E-state index contributed by atoms with van der Waals surface area (Å²) in [5, 5.41) is 24.7. The van der Waals surface area contributed by atoms with E-state index in [1.807, 2.05) is 17.0 Å². The third-order valence-corrected chi connectivity index (χ3v) is 8.09. The van der Waals surface area contributed by atoms with E-state index in [2.05, 4.69) is 15.0 Å². The molecule has 0 amide bonds. The van der Waals surface area contributed by atoms with E-state index in [1.54, 1.807) is 73.0 Å². The van der Waals surface area contributed by atoms with Gasteiger partial charge in [0.25, 0.3) is 0 Å². The minimum absolute atomic E-state index is 0.164. The van der Waals surface area contributed by atoms with Crippen LogP contribution >= 0.6 is 0 Å². The Balaban J connectivity index is 1.84. The molecule has 3 aromatic rings. The number of aliphatic hydroxyl groups is 2. The third-order valence-electron chi connectivity index (χ3n) is 8.09. The second-order valence-electron chi connectivity index (χ2n) is 10.0. The lowest BCUT2D eigenvalue weighted by Crippen LogP contribution is -2.83. The SMILES string of the molecule is COC(=O)C12CN(Cc3ccccn3)CC(C(=O)OC)(C(c3ccccn3)N(C)C1c1ccccn1)C2(O)O. The summed E-state index contributed by atoms with van der Waals surface area (Å²) in [6.07, 6.45) is 4.78. The molecule has 0 aromatic carbocycles. The van der Waals surface area contributed by atoms with Gasteiger partial charge >= 0.3 is 11.9 Å². The van der Waals surface area contributed by atoms with Gasteiger partial charge in [0, 0.05) is 38.2 Å². The minimum Gasteiger partial charge on any atom is -0.468 e. The number of aromatic nitrogens is 3. The number of likely N-dealkylation sites (tertiary alicyclic amines) is 2. The van der Waals surface area contributed by atoms with Gasteiger partial charge in [0.05, 0.1) is 43.4 Å². The van der Waals surface area contributed by atoms with Gasteiger partial charge in [-0.2, -0.15) is 0 Å². The molecule has 204 valence electrons. The zero-order valence-electron chi connectivity index (χ0n) is 22.0. The maximum Gasteiger partial charge on any atom is 0.320 e. The zero-order chi connectivity index (χ0) is 27.8. The molecule has 39 heavy (non-hydrogen) atoms. The Labute approximate surface area is 226 Å². The van der Waals surface area contributed by atoms with Crippen LogP contribution in [0.15, 0.2) is 73.2 Å². The van der Waals surface area contributed by atoms with Crippen LogP contribution in [0.3, 0.4) is 0 Å². The number of methoxy groups -OCH3 is 2. The van der Waals surface area contributed by atoms with Crippen LogP contribution in [-0.2, 0) is 25.6 Å². The number of nitrogens with zero attached hydrogens (tertiary/aromatic N) is 5. The largest absolute Gasteiger partial charge is 0.468 e. The van der Waals surface area contributed by atoms with Gasteiger partial charge < -0.3 is 19.7 Å². The standard InChI is InChI=1S/C28H31N5O6/c1-32-22(20-11-5-8-14-30-20)26(24(34)38-2)17-33(16-19-10-4-7-13-29-19)18-27(25(35)39-3,28(26,36)37)23(32)21-12-6-9-15-31-21/h4-15,22-23,36-37H,16-18H2,1-3H3. The molecule has 0 radical (unpaired) electrons. The molecule has 11 nitrogen and oxygen atoms in total. The second-order valence-corrected chi connectivity index (χ2v) is 10.0. The lowest BCUT2D eigenvalue weighted by Gasteiger charge is -2.67. The summed E-state index contributed by atoms with van der Waals surface area (Å²) in [5.41, 5.74) is -2.70. The number of fused-ring (bicyclic) bond motifs is 2. The topological polar surface area (TPSA) is 138 Å². The van der Waals surface area contributed by atoms with Gasteiger partial charge in [-0.3, -0.25) is 34.3 Å². The van der Waals surface area contributed by atoms with Crippen LogP contribution in [0.25, 0.3) is 0 Å². The van der Waals surface area contributed by atoms with Crippen molar-refractivity contribution in [3.63, 3.8) is 0 Å². The predicted molar refractivity (Wildman–Crippen MR) is 137 cm³/mol. The van der Waals surface area contributed by atoms with Crippen LogP contribution in [0.5, 0.6) is 0 Å². The molecule has 5 rings (SSSR count). The summed E-state index contributed by atoms with van der Waals surface area (Å²) in [4.78, 5) is 44.9. The minimum atomic E-state index is -2.95. The van der Waals surface area contributed by atoms with Gasteiger partial charge in [-0.25, -0.2) is 0 Å². The van der Waals surface area contributed by atoms with Gasteiger partial charge in [-0.1, -0.05) is 18.2 Å². The van der Waals surface area contributed by atoms with Crippen molar-refractivity contribution in [3.8, 4) is 0 Å². The third kappa shape index (κ3) is 3.84. The van der Waals surface area contributed by atoms with Crippen LogP contribution in [0.4, 0.5) is 0 Å². The molecule has 2 saturated heterocycles. The number of hydrogen-bond donors (Lipinski definition) is 2. The summed E-state index contributed by atoms with van der Waals surface area (Å²) < 4.78 is 10.6. The van der Waals surface area contributed by atoms with E-state index in [0.29, 0.717) is 17.1 Å². The van der Waals surface area contributed by atoms with E-state index in [4.69, 9.17) is 9.47 Å². The molecule has 4 atom stereocenters. The average molecular weight is 534 g/mol. The van der Waals surface area contributed by atoms with E-state index in [9.17, 15) is 19.8 Å². The number of rotatable bonds is 6. The number of carbonyl (C=O) groups excluding carboxylic acids is 2. The Morgan fingerprint density at radius 3 is 1.67 bits per heavy atom. The summed E-state index contributed by atoms with van der Waals surface area (Å²) in [7, 11) is 4.09. The Bertz CT molecular complexity index is 1250. The van der Waals surface area contributed by atoms with E-state index < -0.39 is 40.6 Å². The number of hydrogen-bond acceptors (Lipinski definition) is 11. The molecular formula is C28H31N5O6. The lowest BCUT2D eigenvalue weighted by atomic mass is 9.51. The highest BCUT2D eigenvalue weighted by Crippen LogP contribution is 2.66. The molecule has 5 heterocycles. The van der Waals surface area contributed by atoms with Crippen molar-refractivity contribution in [2.24, 2.45) is 10.8 Å². The average Bonchev–Trinajstić information content (AvgIpc) is 2.95. The number of pyridine rings is 3. The monoisotopic (exact) mass is 533 g/mol. The molecular weight excluding hydrogens is 502 g/mol. The van der Waals surface area contributed by atoms with E-state index >= 15 is 0 Å². The van der Waals surface area contributed by atoms with Crippen LogP contribution < -0.4 is 0 Å². The molecule has 2 fully saturated rings. The van der Waals surface area contributed by atoms with Crippen LogP contribution in [0.1, 0.15) is 29.2 Å². The molecule has 11 heteroatoms. The Morgan fingerprint density at radius 2 is 1.28 bits per heavy atom. The van der Waals surface area contributed by atoms with Crippen molar-refractivity contribution in [3.05, 3.63) is 90.3 Å². The molecule has 2 N–H and O–H groups in total. The summed E-state index contributed by atoms with van der Waals surface area (Å²) in [5.74, 6) is -4.74. The van der Waals surface area contributed by atoms with Gasteiger partial charge in [0.15, 0.2) is 10.8 Å². The molecule has 2 aliphatic rings. The van der Waals surface area contributed by atoms with Crippen molar-refractivity contribution in [2.75, 3.05) is 34.4 Å². The molecule has 0 saturated carbocycles. The predicted octanol–water partition coefficient (Wildman–Crippen LogP) is 1.11. The normalized spacial score (nSPS) is 28.4. The van der Waals surface area contributed by atoms with Crippen LogP contribution in [0.2, 0.25) is 0 Å². The van der Waals surface area contributed by atoms with Gasteiger partial charge in [-0.05, 0) is 43.4 Å². The van der Waals surface area contributed by atoms with Gasteiger partial charge in [0.1, 0.15) is 0 Å². The van der Waals surface area contributed by atoms with E-state index in [-0.39, 0.29) is 19.6 Å². The lowest BCUT2D eigenvalue weighted by molar-refractivity contribution is -0.376. The summed E-state index contributed by atoms with van der Waals surface area (Å²) in [6.45, 7) is -0.104. The Hall–Kier alpha value is -3.77. The molecule has 4 unspecified atom stereocenters. The van der Waals surface area contributed by atoms with Crippen molar-refractivity contribution >= 4 is 11.9 Å². The quantitative estimate of drug-likeness (QED) is 0.348. The van der Waals surface area contributed by atoms with Crippen molar-refractivity contribution in [1.29, 1.82) is 0 Å². The highest BCUT2D eigenvalue weighted by molar-refractivity contribution is 5.87. The molecule has 2 bridgehead atoms.